The fraction of sp³-hybridized carbons (Fsp3) is 0.368. The number of ether oxygens (including phenoxy) is 1. The van der Waals surface area contributed by atoms with Gasteiger partial charge in [0.25, 0.3) is 5.91 Å². The summed E-state index contributed by atoms with van der Waals surface area (Å²) in [5.74, 6) is -0.0839. The van der Waals surface area contributed by atoms with Gasteiger partial charge in [0.1, 0.15) is 17.0 Å². The number of primary amides is 1. The lowest BCUT2D eigenvalue weighted by molar-refractivity contribution is 0.0995. The van der Waals surface area contributed by atoms with Gasteiger partial charge in [-0.05, 0) is 45.9 Å². The Labute approximate surface area is 162 Å². The van der Waals surface area contributed by atoms with E-state index >= 15 is 0 Å². The predicted octanol–water partition coefficient (Wildman–Crippen LogP) is 2.24. The normalized spacial score (nSPS) is 11.2. The van der Waals surface area contributed by atoms with E-state index in [0.29, 0.717) is 40.5 Å². The number of anilines is 1. The highest BCUT2D eigenvalue weighted by Crippen LogP contribution is 2.30. The third-order valence-corrected chi connectivity index (χ3v) is 4.24. The van der Waals surface area contributed by atoms with Crippen molar-refractivity contribution < 1.29 is 14.3 Å². The van der Waals surface area contributed by atoms with E-state index in [4.69, 9.17) is 10.5 Å². The molecule has 28 heavy (non-hydrogen) atoms. The summed E-state index contributed by atoms with van der Waals surface area (Å²) in [5, 5.41) is 7.11. The quantitative estimate of drug-likeness (QED) is 0.676. The van der Waals surface area contributed by atoms with Gasteiger partial charge in [-0.15, -0.1) is 0 Å². The molecule has 0 aliphatic rings. The first-order valence-corrected chi connectivity index (χ1v) is 9.04. The Bertz CT molecular complexity index is 1060. The average Bonchev–Trinajstić information content (AvgIpc) is 3.14. The number of nitrogens with one attached hydrogen (secondary N) is 1. The molecule has 0 unspecified atom stereocenters. The first kappa shape index (κ1) is 19.4. The van der Waals surface area contributed by atoms with E-state index in [0.717, 1.165) is 5.69 Å². The minimum absolute atomic E-state index is 0.110. The van der Waals surface area contributed by atoms with Crippen LogP contribution in [0.5, 0.6) is 5.75 Å². The Balaban J connectivity index is 2.05. The summed E-state index contributed by atoms with van der Waals surface area (Å²) in [4.78, 5) is 28.9. The number of hydrogen-bond donors (Lipinski definition) is 2. The number of nitrogens with zero attached hydrogens (tertiary/aromatic N) is 4. The molecule has 0 spiro atoms. The number of aromatic nitrogens is 4. The van der Waals surface area contributed by atoms with Crippen LogP contribution in [-0.2, 0) is 13.6 Å². The van der Waals surface area contributed by atoms with Crippen molar-refractivity contribution in [3.63, 3.8) is 0 Å². The molecule has 2 heterocycles. The van der Waals surface area contributed by atoms with Crippen LogP contribution >= 0.6 is 0 Å². The van der Waals surface area contributed by atoms with Crippen LogP contribution in [0.4, 0.5) is 5.95 Å². The van der Waals surface area contributed by atoms with Crippen molar-refractivity contribution >= 4 is 28.8 Å². The van der Waals surface area contributed by atoms with Gasteiger partial charge in [0.15, 0.2) is 0 Å². The molecule has 3 N–H and O–H groups in total. The topological polar surface area (TPSA) is 117 Å². The molecular weight excluding hydrogens is 360 g/mol. The lowest BCUT2D eigenvalue weighted by Crippen LogP contribution is -2.19. The van der Waals surface area contributed by atoms with Crippen molar-refractivity contribution in [3.8, 4) is 5.75 Å². The molecule has 2 amide bonds. The van der Waals surface area contributed by atoms with E-state index in [-0.39, 0.29) is 12.0 Å². The molecule has 148 valence electrons. The van der Waals surface area contributed by atoms with E-state index in [9.17, 15) is 9.59 Å². The number of imidazole rings is 1. The zero-order chi connectivity index (χ0) is 20.6. The summed E-state index contributed by atoms with van der Waals surface area (Å²) in [6.45, 7) is 8.09. The maximum absolute atomic E-state index is 12.7. The summed E-state index contributed by atoms with van der Waals surface area (Å²) in [6.07, 6.45) is -0.110. The number of aryl methyl sites for hydroxylation is 3. The number of amides is 2. The van der Waals surface area contributed by atoms with E-state index in [1.165, 1.54) is 0 Å². The van der Waals surface area contributed by atoms with E-state index in [2.05, 4.69) is 15.4 Å². The van der Waals surface area contributed by atoms with Crippen molar-refractivity contribution in [2.24, 2.45) is 12.8 Å². The van der Waals surface area contributed by atoms with Crippen molar-refractivity contribution in [1.29, 1.82) is 0 Å². The van der Waals surface area contributed by atoms with Crippen LogP contribution in [0.3, 0.4) is 0 Å². The van der Waals surface area contributed by atoms with Gasteiger partial charge in [0, 0.05) is 19.2 Å². The van der Waals surface area contributed by atoms with Crippen LogP contribution in [0.2, 0.25) is 0 Å². The molecule has 0 saturated carbocycles. The standard InChI is InChI=1S/C19H24N6O3/c1-6-25-14(7-11(4)23-25)18(27)22-19-21-13-8-12(17(20)26)9-15(28-10(2)3)16(13)24(19)5/h7-10H,6H2,1-5H3,(H2,20,26)(H,21,22,27). The molecule has 0 atom stereocenters. The van der Waals surface area contributed by atoms with Crippen molar-refractivity contribution in [1.82, 2.24) is 19.3 Å². The molecule has 0 bridgehead atoms. The molecule has 1 aromatic carbocycles. The third kappa shape index (κ3) is 3.55. The van der Waals surface area contributed by atoms with Crippen LogP contribution in [0.1, 0.15) is 47.3 Å². The number of hydrogen-bond acceptors (Lipinski definition) is 5. The van der Waals surface area contributed by atoms with Gasteiger partial charge in [0.05, 0.1) is 17.3 Å². The Morgan fingerprint density at radius 2 is 2.00 bits per heavy atom. The maximum atomic E-state index is 12.7. The van der Waals surface area contributed by atoms with Crippen LogP contribution in [-0.4, -0.2) is 37.2 Å². The van der Waals surface area contributed by atoms with Crippen LogP contribution in [0.15, 0.2) is 18.2 Å². The largest absolute Gasteiger partial charge is 0.489 e. The second kappa shape index (κ2) is 7.34. The highest BCUT2D eigenvalue weighted by molar-refractivity contribution is 6.04. The molecule has 9 nitrogen and oxygen atoms in total. The fourth-order valence-electron chi connectivity index (χ4n) is 3.04. The zero-order valence-corrected chi connectivity index (χ0v) is 16.6. The van der Waals surface area contributed by atoms with E-state index in [1.54, 1.807) is 34.5 Å². The van der Waals surface area contributed by atoms with Crippen molar-refractivity contribution in [3.05, 3.63) is 35.2 Å². The molecule has 0 fully saturated rings. The lowest BCUT2D eigenvalue weighted by Gasteiger charge is -2.13. The van der Waals surface area contributed by atoms with Gasteiger partial charge in [-0.3, -0.25) is 19.6 Å². The Hall–Kier alpha value is -3.36. The van der Waals surface area contributed by atoms with Gasteiger partial charge in [-0.1, -0.05) is 0 Å². The minimum Gasteiger partial charge on any atom is -0.489 e. The highest BCUT2D eigenvalue weighted by atomic mass is 16.5. The Morgan fingerprint density at radius 1 is 1.29 bits per heavy atom. The van der Waals surface area contributed by atoms with Crippen molar-refractivity contribution in [2.75, 3.05) is 5.32 Å². The fourth-order valence-corrected chi connectivity index (χ4v) is 3.04. The first-order valence-electron chi connectivity index (χ1n) is 9.04. The van der Waals surface area contributed by atoms with E-state index < -0.39 is 5.91 Å². The van der Waals surface area contributed by atoms with Crippen molar-refractivity contribution in [2.45, 2.75) is 40.3 Å². The third-order valence-electron chi connectivity index (χ3n) is 4.24. The number of carbonyl (C=O) groups excluding carboxylic acids is 2. The van der Waals surface area contributed by atoms with Gasteiger partial charge < -0.3 is 15.0 Å². The first-order chi connectivity index (χ1) is 13.2. The number of rotatable bonds is 6. The molecule has 0 saturated heterocycles. The van der Waals surface area contributed by atoms with Gasteiger partial charge in [-0.2, -0.15) is 5.10 Å². The van der Waals surface area contributed by atoms with Crippen LogP contribution in [0.25, 0.3) is 11.0 Å². The molecular formula is C19H24N6O3. The summed E-state index contributed by atoms with van der Waals surface area (Å²) < 4.78 is 9.19. The smallest absolute Gasteiger partial charge is 0.276 e. The van der Waals surface area contributed by atoms with E-state index in [1.807, 2.05) is 27.7 Å². The molecule has 0 aliphatic carbocycles. The number of carbonyl (C=O) groups is 2. The summed E-state index contributed by atoms with van der Waals surface area (Å²) in [7, 11) is 1.77. The predicted molar refractivity (Wildman–Crippen MR) is 106 cm³/mol. The van der Waals surface area contributed by atoms with Gasteiger partial charge in [-0.25, -0.2) is 4.98 Å². The molecule has 9 heteroatoms. The summed E-state index contributed by atoms with van der Waals surface area (Å²) in [5.41, 5.74) is 8.10. The Morgan fingerprint density at radius 3 is 2.61 bits per heavy atom. The highest BCUT2D eigenvalue weighted by Gasteiger charge is 2.20. The second-order valence-electron chi connectivity index (χ2n) is 6.81. The summed E-state index contributed by atoms with van der Waals surface area (Å²) >= 11 is 0. The number of nitrogens with two attached hydrogens (primary N) is 1. The Kier molecular flexibility index (Phi) is 5.08. The minimum atomic E-state index is -0.575. The molecule has 3 aromatic rings. The lowest BCUT2D eigenvalue weighted by atomic mass is 10.1. The second-order valence-corrected chi connectivity index (χ2v) is 6.81. The zero-order valence-electron chi connectivity index (χ0n) is 16.6. The number of fused-ring (bicyclic) bond motifs is 1. The monoisotopic (exact) mass is 384 g/mol. The SMILES string of the molecule is CCn1nc(C)cc1C(=O)Nc1nc2cc(C(N)=O)cc(OC(C)C)c2n1C. The average molecular weight is 384 g/mol. The molecule has 3 rings (SSSR count). The molecule has 0 radical (unpaired) electrons. The van der Waals surface area contributed by atoms with Gasteiger partial charge >= 0.3 is 0 Å². The van der Waals surface area contributed by atoms with Crippen LogP contribution in [0, 0.1) is 6.92 Å². The maximum Gasteiger partial charge on any atom is 0.276 e. The molecule has 0 aliphatic heterocycles. The summed E-state index contributed by atoms with van der Waals surface area (Å²) in [6, 6.07) is 4.90. The number of benzene rings is 1. The van der Waals surface area contributed by atoms with Gasteiger partial charge in [0.2, 0.25) is 11.9 Å². The van der Waals surface area contributed by atoms with Crippen LogP contribution < -0.4 is 15.8 Å². The molecule has 2 aromatic heterocycles.